The molecule has 1 atom stereocenters. The first-order chi connectivity index (χ1) is 14.2. The van der Waals surface area contributed by atoms with Crippen molar-refractivity contribution >= 4 is 17.0 Å². The molecule has 146 valence electrons. The summed E-state index contributed by atoms with van der Waals surface area (Å²) in [6, 6.07) is 9.30. The maximum atomic E-state index is 12.6. The molecule has 3 aromatic heterocycles. The fourth-order valence-corrected chi connectivity index (χ4v) is 3.57. The Morgan fingerprint density at radius 1 is 1.17 bits per heavy atom. The largest absolute Gasteiger partial charge is 0.370 e. The molecular weight excluding hydrogens is 370 g/mol. The summed E-state index contributed by atoms with van der Waals surface area (Å²) in [5, 5.41) is 0. The van der Waals surface area contributed by atoms with Crippen LogP contribution in [-0.2, 0) is 11.8 Å². The molecule has 0 saturated carbocycles. The van der Waals surface area contributed by atoms with Gasteiger partial charge in [-0.1, -0.05) is 6.07 Å². The van der Waals surface area contributed by atoms with Crippen molar-refractivity contribution in [2.75, 3.05) is 24.6 Å². The lowest BCUT2D eigenvalue weighted by atomic mass is 10.1. The fraction of sp³-hybridized carbons (Fsp3) is 0.250. The Morgan fingerprint density at radius 2 is 2.10 bits per heavy atom. The molecule has 4 heterocycles. The van der Waals surface area contributed by atoms with E-state index in [4.69, 9.17) is 9.72 Å². The number of hydrogen-bond donors (Lipinski definition) is 1. The lowest BCUT2D eigenvalue weighted by molar-refractivity contribution is 0.0390. The molecule has 0 radical (unpaired) electrons. The lowest BCUT2D eigenvalue weighted by Gasteiger charge is -2.34. The Hall–Kier alpha value is -3.59. The fourth-order valence-electron chi connectivity index (χ4n) is 3.57. The molecule has 1 saturated heterocycles. The van der Waals surface area contributed by atoms with Gasteiger partial charge in [-0.3, -0.25) is 9.36 Å². The molecule has 0 bridgehead atoms. The molecule has 1 aromatic carbocycles. The number of benzene rings is 1. The first kappa shape index (κ1) is 17.5. The third-order valence-corrected chi connectivity index (χ3v) is 5.12. The quantitative estimate of drug-likeness (QED) is 0.569. The molecule has 0 aliphatic carbocycles. The molecule has 1 unspecified atom stereocenters. The summed E-state index contributed by atoms with van der Waals surface area (Å²) in [5.41, 5.74) is 3.97. The number of aromatic nitrogens is 6. The van der Waals surface area contributed by atoms with E-state index in [1.165, 1.54) is 12.4 Å². The van der Waals surface area contributed by atoms with Crippen LogP contribution < -0.4 is 10.5 Å². The molecule has 5 rings (SSSR count). The Labute approximate surface area is 166 Å². The maximum Gasteiger partial charge on any atom is 0.255 e. The van der Waals surface area contributed by atoms with Crippen LogP contribution in [0.25, 0.3) is 22.4 Å². The van der Waals surface area contributed by atoms with Gasteiger partial charge in [-0.2, -0.15) is 0 Å². The van der Waals surface area contributed by atoms with Crippen molar-refractivity contribution in [2.24, 2.45) is 7.05 Å². The second-order valence-electron chi connectivity index (χ2n) is 6.92. The Morgan fingerprint density at radius 3 is 2.97 bits per heavy atom. The predicted molar refractivity (Wildman–Crippen MR) is 108 cm³/mol. The number of imidazole rings is 1. The number of morpholine rings is 1. The lowest BCUT2D eigenvalue weighted by Crippen LogP contribution is -2.41. The van der Waals surface area contributed by atoms with Gasteiger partial charge in [0.2, 0.25) is 5.95 Å². The molecule has 9 heteroatoms. The number of nitrogens with one attached hydrogen (secondary N) is 1. The SMILES string of the molecule is Cn1c(N2CCOC(c3ccc4nc[nH]c4c3)C2)nc(-c2ccncn2)cc1=O. The zero-order valence-corrected chi connectivity index (χ0v) is 15.8. The third kappa shape index (κ3) is 3.25. The smallest absolute Gasteiger partial charge is 0.255 e. The summed E-state index contributed by atoms with van der Waals surface area (Å²) in [7, 11) is 1.73. The highest BCUT2D eigenvalue weighted by molar-refractivity contribution is 5.75. The predicted octanol–water partition coefficient (Wildman–Crippen LogP) is 1.69. The summed E-state index contributed by atoms with van der Waals surface area (Å²) < 4.78 is 7.58. The summed E-state index contributed by atoms with van der Waals surface area (Å²) in [6.45, 7) is 1.78. The molecule has 0 amide bonds. The normalized spacial score (nSPS) is 17.0. The number of anilines is 1. The minimum atomic E-state index is -0.134. The number of ether oxygens (including phenoxy) is 1. The Bertz CT molecular complexity index is 1220. The minimum Gasteiger partial charge on any atom is -0.370 e. The number of aromatic amines is 1. The summed E-state index contributed by atoms with van der Waals surface area (Å²) in [6.07, 6.45) is 4.64. The Balaban J connectivity index is 1.48. The molecule has 4 aromatic rings. The summed E-state index contributed by atoms with van der Waals surface area (Å²) >= 11 is 0. The molecule has 1 N–H and O–H groups in total. The number of rotatable bonds is 3. The van der Waals surface area contributed by atoms with E-state index < -0.39 is 0 Å². The summed E-state index contributed by atoms with van der Waals surface area (Å²) in [5.74, 6) is 0.599. The highest BCUT2D eigenvalue weighted by Gasteiger charge is 2.25. The van der Waals surface area contributed by atoms with E-state index in [2.05, 4.69) is 30.9 Å². The molecule has 29 heavy (non-hydrogen) atoms. The number of H-pyrrole nitrogens is 1. The van der Waals surface area contributed by atoms with Gasteiger partial charge in [0.25, 0.3) is 5.56 Å². The van der Waals surface area contributed by atoms with E-state index in [1.54, 1.807) is 30.2 Å². The van der Waals surface area contributed by atoms with E-state index in [1.807, 2.05) is 12.1 Å². The second kappa shape index (κ2) is 7.10. The van der Waals surface area contributed by atoms with Crippen LogP contribution in [0.15, 0.2) is 54.0 Å². The van der Waals surface area contributed by atoms with Gasteiger partial charge in [0.15, 0.2) is 0 Å². The van der Waals surface area contributed by atoms with E-state index in [9.17, 15) is 4.79 Å². The standard InChI is InChI=1S/C20H19N7O2/c1-26-19(28)9-17(15-4-5-21-11-22-15)25-20(26)27-6-7-29-18(10-27)13-2-3-14-16(8-13)24-12-23-14/h2-5,8-9,11-12,18H,6-7,10H2,1H3,(H,23,24). The van der Waals surface area contributed by atoms with Crippen molar-refractivity contribution in [3.63, 3.8) is 0 Å². The molecule has 1 fully saturated rings. The zero-order chi connectivity index (χ0) is 19.8. The van der Waals surface area contributed by atoms with Crippen LogP contribution in [0.3, 0.4) is 0 Å². The van der Waals surface area contributed by atoms with E-state index in [0.29, 0.717) is 37.0 Å². The van der Waals surface area contributed by atoms with Gasteiger partial charge in [-0.15, -0.1) is 0 Å². The van der Waals surface area contributed by atoms with Gasteiger partial charge >= 0.3 is 0 Å². The van der Waals surface area contributed by atoms with Gasteiger partial charge in [-0.25, -0.2) is 19.9 Å². The minimum absolute atomic E-state index is 0.129. The zero-order valence-electron chi connectivity index (χ0n) is 15.8. The van der Waals surface area contributed by atoms with Crippen molar-refractivity contribution in [3.8, 4) is 11.4 Å². The molecular formula is C20H19N7O2. The summed E-state index contributed by atoms with van der Waals surface area (Å²) in [4.78, 5) is 34.9. The van der Waals surface area contributed by atoms with Gasteiger partial charge < -0.3 is 14.6 Å². The van der Waals surface area contributed by atoms with Crippen molar-refractivity contribution in [1.29, 1.82) is 0 Å². The van der Waals surface area contributed by atoms with Crippen LogP contribution in [-0.4, -0.2) is 49.2 Å². The van der Waals surface area contributed by atoms with E-state index >= 15 is 0 Å². The molecule has 1 aliphatic rings. The van der Waals surface area contributed by atoms with Crippen molar-refractivity contribution in [2.45, 2.75) is 6.10 Å². The van der Waals surface area contributed by atoms with Crippen LogP contribution >= 0.6 is 0 Å². The second-order valence-corrected chi connectivity index (χ2v) is 6.92. The average Bonchev–Trinajstić information content (AvgIpc) is 3.24. The van der Waals surface area contributed by atoms with Gasteiger partial charge in [0.1, 0.15) is 12.4 Å². The topological polar surface area (TPSA) is 102 Å². The van der Waals surface area contributed by atoms with E-state index in [0.717, 1.165) is 16.6 Å². The highest BCUT2D eigenvalue weighted by Crippen LogP contribution is 2.27. The first-order valence-electron chi connectivity index (χ1n) is 9.33. The third-order valence-electron chi connectivity index (χ3n) is 5.12. The molecule has 0 spiro atoms. The number of fused-ring (bicyclic) bond motifs is 1. The van der Waals surface area contributed by atoms with Gasteiger partial charge in [-0.05, 0) is 23.8 Å². The van der Waals surface area contributed by atoms with Crippen molar-refractivity contribution in [3.05, 3.63) is 65.1 Å². The maximum absolute atomic E-state index is 12.6. The monoisotopic (exact) mass is 389 g/mol. The van der Waals surface area contributed by atoms with Crippen LogP contribution in [0.4, 0.5) is 5.95 Å². The van der Waals surface area contributed by atoms with Crippen molar-refractivity contribution < 1.29 is 4.74 Å². The van der Waals surface area contributed by atoms with Crippen LogP contribution in [0.2, 0.25) is 0 Å². The van der Waals surface area contributed by atoms with E-state index in [-0.39, 0.29) is 11.7 Å². The van der Waals surface area contributed by atoms with Crippen LogP contribution in [0.1, 0.15) is 11.7 Å². The Kier molecular flexibility index (Phi) is 4.28. The van der Waals surface area contributed by atoms with Crippen LogP contribution in [0.5, 0.6) is 0 Å². The van der Waals surface area contributed by atoms with Crippen LogP contribution in [0, 0.1) is 0 Å². The average molecular weight is 389 g/mol. The van der Waals surface area contributed by atoms with Gasteiger partial charge in [0.05, 0.1) is 41.9 Å². The number of nitrogens with zero attached hydrogens (tertiary/aromatic N) is 6. The van der Waals surface area contributed by atoms with Crippen molar-refractivity contribution in [1.82, 2.24) is 29.5 Å². The van der Waals surface area contributed by atoms with Gasteiger partial charge in [0, 0.05) is 25.9 Å². The highest BCUT2D eigenvalue weighted by atomic mass is 16.5. The molecule has 9 nitrogen and oxygen atoms in total. The molecule has 1 aliphatic heterocycles. The number of hydrogen-bond acceptors (Lipinski definition) is 7. The first-order valence-corrected chi connectivity index (χ1v) is 9.33.